The molecule has 0 spiro atoms. The summed E-state index contributed by atoms with van der Waals surface area (Å²) in [5, 5.41) is 2.75. The van der Waals surface area contributed by atoms with Gasteiger partial charge in [0.15, 0.2) is 0 Å². The zero-order valence-electron chi connectivity index (χ0n) is 10.2. The van der Waals surface area contributed by atoms with Gasteiger partial charge in [0.05, 0.1) is 7.11 Å². The molecule has 0 aliphatic carbocycles. The zero-order valence-corrected chi connectivity index (χ0v) is 10.2. The Labute approximate surface area is 105 Å². The molecule has 0 unspecified atom stereocenters. The number of benzene rings is 1. The molecule has 0 saturated carbocycles. The minimum absolute atomic E-state index is 0.266. The van der Waals surface area contributed by atoms with E-state index in [4.69, 9.17) is 4.74 Å². The first-order valence-electron chi connectivity index (χ1n) is 5.43. The molecule has 1 N–H and O–H groups in total. The van der Waals surface area contributed by atoms with Gasteiger partial charge in [-0.15, -0.1) is 0 Å². The molecule has 0 atom stereocenters. The van der Waals surface area contributed by atoms with Crippen molar-refractivity contribution in [2.75, 3.05) is 12.4 Å². The number of hydrogen-bond donors (Lipinski definition) is 1. The first kappa shape index (κ1) is 12.0. The highest BCUT2D eigenvalue weighted by atomic mass is 16.5. The van der Waals surface area contributed by atoms with Crippen molar-refractivity contribution < 1.29 is 9.53 Å². The fourth-order valence-corrected chi connectivity index (χ4v) is 1.41. The average Bonchev–Trinajstić information content (AvgIpc) is 2.41. The molecule has 0 aliphatic heterocycles. The number of nitrogens with zero attached hydrogens (tertiary/aromatic N) is 2. The number of methoxy groups -OCH3 is 1. The Bertz CT molecular complexity index is 552. The van der Waals surface area contributed by atoms with Crippen molar-refractivity contribution in [3.05, 3.63) is 47.9 Å². The number of amides is 1. The quantitative estimate of drug-likeness (QED) is 0.896. The summed E-state index contributed by atoms with van der Waals surface area (Å²) in [6, 6.07) is 9.02. The second kappa shape index (κ2) is 5.27. The fraction of sp³-hybridized carbons (Fsp3) is 0.154. The average molecular weight is 243 g/mol. The number of carbonyl (C=O) groups is 1. The number of aromatic nitrogens is 2. The predicted octanol–water partition coefficient (Wildman–Crippen LogP) is 2.05. The van der Waals surface area contributed by atoms with Crippen LogP contribution in [-0.4, -0.2) is 23.0 Å². The lowest BCUT2D eigenvalue weighted by molar-refractivity contribution is 0.102. The number of ether oxygens (including phenoxy) is 1. The molecular formula is C13H13N3O2. The number of nitrogens with one attached hydrogen (secondary N) is 1. The third-order valence-corrected chi connectivity index (χ3v) is 2.39. The monoisotopic (exact) mass is 243 g/mol. The number of rotatable bonds is 3. The molecule has 1 aromatic carbocycles. The summed E-state index contributed by atoms with van der Waals surface area (Å²) in [6.45, 7) is 1.99. The molecular weight excluding hydrogens is 230 g/mol. The number of carbonyl (C=O) groups excluding carboxylic acids is 1. The smallest absolute Gasteiger partial charge is 0.274 e. The zero-order chi connectivity index (χ0) is 13.0. The Morgan fingerprint density at radius 2 is 1.94 bits per heavy atom. The summed E-state index contributed by atoms with van der Waals surface area (Å²) in [4.78, 5) is 19.7. The van der Waals surface area contributed by atoms with Crippen LogP contribution in [0, 0.1) is 6.92 Å². The van der Waals surface area contributed by atoms with Gasteiger partial charge in [-0.25, -0.2) is 9.97 Å². The Kier molecular flexibility index (Phi) is 3.52. The largest absolute Gasteiger partial charge is 0.481 e. The molecule has 0 bridgehead atoms. The normalized spacial score (nSPS) is 9.89. The highest BCUT2D eigenvalue weighted by molar-refractivity contribution is 6.02. The molecule has 0 radical (unpaired) electrons. The van der Waals surface area contributed by atoms with E-state index in [0.717, 1.165) is 11.3 Å². The van der Waals surface area contributed by atoms with Gasteiger partial charge >= 0.3 is 0 Å². The van der Waals surface area contributed by atoms with E-state index in [2.05, 4.69) is 15.3 Å². The van der Waals surface area contributed by atoms with Gasteiger partial charge in [0, 0.05) is 11.8 Å². The maximum atomic E-state index is 11.9. The summed E-state index contributed by atoms with van der Waals surface area (Å²) in [7, 11) is 1.49. The van der Waals surface area contributed by atoms with Crippen molar-refractivity contribution in [2.24, 2.45) is 0 Å². The molecule has 5 nitrogen and oxygen atoms in total. The minimum atomic E-state index is -0.292. The Morgan fingerprint density at radius 1 is 1.22 bits per heavy atom. The van der Waals surface area contributed by atoms with Gasteiger partial charge in [-0.2, -0.15) is 0 Å². The number of aryl methyl sites for hydroxylation is 1. The molecule has 1 heterocycles. The van der Waals surface area contributed by atoms with Crippen LogP contribution >= 0.6 is 0 Å². The summed E-state index contributed by atoms with van der Waals surface area (Å²) >= 11 is 0. The maximum absolute atomic E-state index is 11.9. The van der Waals surface area contributed by atoms with Crippen molar-refractivity contribution >= 4 is 11.6 Å². The molecule has 0 saturated heterocycles. The molecule has 1 amide bonds. The van der Waals surface area contributed by atoms with E-state index in [1.807, 2.05) is 31.2 Å². The highest BCUT2D eigenvalue weighted by Gasteiger charge is 2.09. The van der Waals surface area contributed by atoms with E-state index < -0.39 is 0 Å². The number of anilines is 1. The maximum Gasteiger partial charge on any atom is 0.274 e. The molecule has 1 aromatic heterocycles. The first-order valence-corrected chi connectivity index (χ1v) is 5.43. The molecule has 2 rings (SSSR count). The molecule has 18 heavy (non-hydrogen) atoms. The standard InChI is InChI=1S/C13H13N3O2/c1-9-3-5-10(6-4-9)16-13(17)11-7-12(18-2)15-8-14-11/h3-8H,1-2H3,(H,16,17). The van der Waals surface area contributed by atoms with Crippen LogP contribution in [0.3, 0.4) is 0 Å². The molecule has 0 fully saturated rings. The van der Waals surface area contributed by atoms with Crippen LogP contribution in [0.25, 0.3) is 0 Å². The summed E-state index contributed by atoms with van der Waals surface area (Å²) in [5.41, 5.74) is 2.13. The lowest BCUT2D eigenvalue weighted by Crippen LogP contribution is -2.14. The second-order valence-electron chi connectivity index (χ2n) is 3.77. The predicted molar refractivity (Wildman–Crippen MR) is 67.7 cm³/mol. The van der Waals surface area contributed by atoms with Gasteiger partial charge < -0.3 is 10.1 Å². The lowest BCUT2D eigenvalue weighted by Gasteiger charge is -2.05. The molecule has 92 valence electrons. The van der Waals surface area contributed by atoms with E-state index in [0.29, 0.717) is 5.88 Å². The van der Waals surface area contributed by atoms with Gasteiger partial charge in [0.1, 0.15) is 12.0 Å². The Morgan fingerprint density at radius 3 is 2.61 bits per heavy atom. The van der Waals surface area contributed by atoms with Crippen LogP contribution in [-0.2, 0) is 0 Å². The van der Waals surface area contributed by atoms with Gasteiger partial charge in [-0.05, 0) is 19.1 Å². The van der Waals surface area contributed by atoms with E-state index in [1.165, 1.54) is 19.5 Å². The SMILES string of the molecule is COc1cc(C(=O)Nc2ccc(C)cc2)ncn1. The third-order valence-electron chi connectivity index (χ3n) is 2.39. The van der Waals surface area contributed by atoms with Gasteiger partial charge in [-0.3, -0.25) is 4.79 Å². The van der Waals surface area contributed by atoms with E-state index in [-0.39, 0.29) is 11.6 Å². The summed E-state index contributed by atoms with van der Waals surface area (Å²) in [5.74, 6) is 0.0682. The van der Waals surface area contributed by atoms with Crippen molar-refractivity contribution in [3.63, 3.8) is 0 Å². The van der Waals surface area contributed by atoms with E-state index in [9.17, 15) is 4.79 Å². The Balaban J connectivity index is 2.14. The van der Waals surface area contributed by atoms with E-state index in [1.54, 1.807) is 0 Å². The molecule has 0 aliphatic rings. The van der Waals surface area contributed by atoms with Gasteiger partial charge in [-0.1, -0.05) is 17.7 Å². The summed E-state index contributed by atoms with van der Waals surface area (Å²) < 4.78 is 4.94. The van der Waals surface area contributed by atoms with Crippen molar-refractivity contribution in [1.82, 2.24) is 9.97 Å². The van der Waals surface area contributed by atoms with Gasteiger partial charge in [0.2, 0.25) is 5.88 Å². The molecule has 2 aromatic rings. The third kappa shape index (κ3) is 2.82. The minimum Gasteiger partial charge on any atom is -0.481 e. The van der Waals surface area contributed by atoms with Crippen molar-refractivity contribution in [3.8, 4) is 5.88 Å². The summed E-state index contributed by atoms with van der Waals surface area (Å²) in [6.07, 6.45) is 1.29. The van der Waals surface area contributed by atoms with Crippen LogP contribution in [0.4, 0.5) is 5.69 Å². The van der Waals surface area contributed by atoms with Crippen LogP contribution in [0.1, 0.15) is 16.1 Å². The first-order chi connectivity index (χ1) is 8.69. The fourth-order valence-electron chi connectivity index (χ4n) is 1.41. The second-order valence-corrected chi connectivity index (χ2v) is 3.77. The number of hydrogen-bond acceptors (Lipinski definition) is 4. The van der Waals surface area contributed by atoms with Crippen molar-refractivity contribution in [2.45, 2.75) is 6.92 Å². The van der Waals surface area contributed by atoms with Crippen LogP contribution in [0.2, 0.25) is 0 Å². The Hall–Kier alpha value is -2.43. The topological polar surface area (TPSA) is 64.1 Å². The van der Waals surface area contributed by atoms with Gasteiger partial charge in [0.25, 0.3) is 5.91 Å². The highest BCUT2D eigenvalue weighted by Crippen LogP contribution is 2.11. The van der Waals surface area contributed by atoms with Crippen LogP contribution in [0.5, 0.6) is 5.88 Å². The van der Waals surface area contributed by atoms with Crippen molar-refractivity contribution in [1.29, 1.82) is 0 Å². The van der Waals surface area contributed by atoms with E-state index >= 15 is 0 Å². The molecule has 5 heteroatoms. The van der Waals surface area contributed by atoms with Crippen LogP contribution < -0.4 is 10.1 Å². The van der Waals surface area contributed by atoms with Crippen LogP contribution in [0.15, 0.2) is 36.7 Å². The lowest BCUT2D eigenvalue weighted by atomic mass is 10.2.